The van der Waals surface area contributed by atoms with E-state index in [4.69, 9.17) is 0 Å². The molecule has 1 unspecified atom stereocenters. The van der Waals surface area contributed by atoms with Gasteiger partial charge < -0.3 is 4.90 Å². The Hall–Kier alpha value is -1.50. The zero-order valence-electron chi connectivity index (χ0n) is 12.5. The van der Waals surface area contributed by atoms with E-state index in [2.05, 4.69) is 38.4 Å². The highest BCUT2D eigenvalue weighted by molar-refractivity contribution is 9.10. The molecule has 4 nitrogen and oxygen atoms in total. The van der Waals surface area contributed by atoms with Crippen molar-refractivity contribution in [1.82, 2.24) is 9.38 Å². The second kappa shape index (κ2) is 6.19. The molecular weight excluding hydrogens is 374 g/mol. The fourth-order valence-corrected chi connectivity index (χ4v) is 4.66. The lowest BCUT2D eigenvalue weighted by atomic mass is 10.2. The molecular formula is C17H17BrN3OS+. The third kappa shape index (κ3) is 2.98. The first kappa shape index (κ1) is 15.1. The van der Waals surface area contributed by atoms with Crippen LogP contribution in [0.5, 0.6) is 0 Å². The molecule has 4 heterocycles. The van der Waals surface area contributed by atoms with Crippen molar-refractivity contribution >= 4 is 32.9 Å². The van der Waals surface area contributed by atoms with E-state index in [0.29, 0.717) is 11.7 Å². The van der Waals surface area contributed by atoms with E-state index in [0.717, 1.165) is 23.3 Å². The monoisotopic (exact) mass is 390 g/mol. The quantitative estimate of drug-likeness (QED) is 0.745. The van der Waals surface area contributed by atoms with Gasteiger partial charge >= 0.3 is 0 Å². The van der Waals surface area contributed by atoms with E-state index in [-0.39, 0.29) is 5.56 Å². The number of likely N-dealkylation sites (tertiary alicyclic amines) is 1. The molecule has 1 N–H and O–H groups in total. The molecule has 3 aromatic rings. The number of nitrogens with one attached hydrogen (secondary N) is 1. The number of pyridine rings is 1. The maximum atomic E-state index is 12.3. The minimum Gasteiger partial charge on any atom is -0.323 e. The summed E-state index contributed by atoms with van der Waals surface area (Å²) in [6, 6.07) is 10.4. The summed E-state index contributed by atoms with van der Waals surface area (Å²) in [7, 11) is 0. The third-order valence-electron chi connectivity index (χ3n) is 4.45. The molecule has 1 fully saturated rings. The Kier molecular flexibility index (Phi) is 4.05. The van der Waals surface area contributed by atoms with Crippen molar-refractivity contribution in [3.63, 3.8) is 0 Å². The van der Waals surface area contributed by atoms with Gasteiger partial charge in [0.15, 0.2) is 0 Å². The molecule has 4 rings (SSSR count). The van der Waals surface area contributed by atoms with Gasteiger partial charge in [0.05, 0.1) is 11.4 Å². The maximum Gasteiger partial charge on any atom is 0.258 e. The predicted molar refractivity (Wildman–Crippen MR) is 95.0 cm³/mol. The standard InChI is InChI=1S/C17H16BrN3OS/c18-12-5-6-16-19-13(9-17(22)21(16)10-12)11-20-7-1-3-14(20)15-4-2-8-23-15/h2,4-6,8-10,14H,1,3,7,11H2/p+1/t14-/m1/s1. The van der Waals surface area contributed by atoms with E-state index in [1.54, 1.807) is 16.7 Å². The summed E-state index contributed by atoms with van der Waals surface area (Å²) in [6.45, 7) is 1.95. The first-order valence-electron chi connectivity index (χ1n) is 7.76. The van der Waals surface area contributed by atoms with Crippen molar-refractivity contribution in [2.45, 2.75) is 25.4 Å². The van der Waals surface area contributed by atoms with Crippen LogP contribution in [0.3, 0.4) is 0 Å². The van der Waals surface area contributed by atoms with Crippen molar-refractivity contribution in [1.29, 1.82) is 0 Å². The Labute approximate surface area is 146 Å². The Bertz CT molecular complexity index is 890. The second-order valence-corrected chi connectivity index (χ2v) is 7.85. The maximum absolute atomic E-state index is 12.3. The summed E-state index contributed by atoms with van der Waals surface area (Å²) < 4.78 is 2.47. The van der Waals surface area contributed by atoms with Crippen LogP contribution in [-0.4, -0.2) is 15.9 Å². The number of hydrogen-bond acceptors (Lipinski definition) is 3. The van der Waals surface area contributed by atoms with Crippen LogP contribution in [0.4, 0.5) is 0 Å². The number of nitrogens with zero attached hydrogens (tertiary/aromatic N) is 2. The van der Waals surface area contributed by atoms with Crippen molar-refractivity contribution < 1.29 is 4.90 Å². The molecule has 2 atom stereocenters. The molecule has 6 heteroatoms. The lowest BCUT2D eigenvalue weighted by molar-refractivity contribution is -0.932. The number of halogens is 1. The molecule has 0 aliphatic carbocycles. The van der Waals surface area contributed by atoms with Crippen LogP contribution in [0.25, 0.3) is 5.65 Å². The first-order chi connectivity index (χ1) is 11.2. The molecule has 0 spiro atoms. The Morgan fingerprint density at radius 3 is 3.13 bits per heavy atom. The zero-order chi connectivity index (χ0) is 15.8. The summed E-state index contributed by atoms with van der Waals surface area (Å²) in [6.07, 6.45) is 4.22. The minimum atomic E-state index is -0.0161. The van der Waals surface area contributed by atoms with E-state index < -0.39 is 0 Å². The van der Waals surface area contributed by atoms with Crippen LogP contribution in [0.2, 0.25) is 0 Å². The van der Waals surface area contributed by atoms with Crippen LogP contribution in [0.1, 0.15) is 29.5 Å². The molecule has 0 amide bonds. The van der Waals surface area contributed by atoms with Gasteiger partial charge in [-0.05, 0) is 39.5 Å². The topological polar surface area (TPSA) is 38.8 Å². The Morgan fingerprint density at radius 1 is 1.39 bits per heavy atom. The largest absolute Gasteiger partial charge is 0.323 e. The lowest BCUT2D eigenvalue weighted by Crippen LogP contribution is -3.08. The Balaban J connectivity index is 1.65. The number of quaternary nitrogens is 1. The van der Waals surface area contributed by atoms with Gasteiger partial charge in [-0.2, -0.15) is 0 Å². The summed E-state index contributed by atoms with van der Waals surface area (Å²) in [5.41, 5.74) is 1.58. The number of hydrogen-bond donors (Lipinski definition) is 1. The van der Waals surface area contributed by atoms with Crippen molar-refractivity contribution in [2.75, 3.05) is 6.54 Å². The van der Waals surface area contributed by atoms with E-state index >= 15 is 0 Å². The highest BCUT2D eigenvalue weighted by Crippen LogP contribution is 2.23. The molecule has 118 valence electrons. The van der Waals surface area contributed by atoms with Crippen LogP contribution >= 0.6 is 27.3 Å². The smallest absolute Gasteiger partial charge is 0.258 e. The van der Waals surface area contributed by atoms with Crippen LogP contribution < -0.4 is 10.5 Å². The van der Waals surface area contributed by atoms with E-state index in [9.17, 15) is 4.79 Å². The van der Waals surface area contributed by atoms with Gasteiger partial charge in [-0.3, -0.25) is 9.20 Å². The first-order valence-corrected chi connectivity index (χ1v) is 9.44. The fraction of sp³-hybridized carbons (Fsp3) is 0.294. The SMILES string of the molecule is O=c1cc(C[NH+]2CCC[C@@H]2c2cccs2)nc2ccc(Br)cn12. The minimum absolute atomic E-state index is 0.0161. The van der Waals surface area contributed by atoms with Crippen LogP contribution in [-0.2, 0) is 6.54 Å². The van der Waals surface area contributed by atoms with Gasteiger partial charge in [-0.15, -0.1) is 11.3 Å². The number of aromatic nitrogens is 2. The third-order valence-corrected chi connectivity index (χ3v) is 5.91. The van der Waals surface area contributed by atoms with Gasteiger partial charge in [-0.1, -0.05) is 6.07 Å². The Morgan fingerprint density at radius 2 is 2.30 bits per heavy atom. The number of fused-ring (bicyclic) bond motifs is 1. The van der Waals surface area contributed by atoms with E-state index in [1.807, 2.05) is 23.5 Å². The molecule has 1 aliphatic rings. The van der Waals surface area contributed by atoms with Gasteiger partial charge in [0.1, 0.15) is 23.9 Å². The number of rotatable bonds is 3. The fourth-order valence-electron chi connectivity index (χ4n) is 3.41. The molecule has 0 aromatic carbocycles. The highest BCUT2D eigenvalue weighted by atomic mass is 79.9. The predicted octanol–water partition coefficient (Wildman–Crippen LogP) is 2.44. The van der Waals surface area contributed by atoms with Gasteiger partial charge in [0.2, 0.25) is 0 Å². The molecule has 1 aliphatic heterocycles. The van der Waals surface area contributed by atoms with Crippen LogP contribution in [0.15, 0.2) is 51.2 Å². The van der Waals surface area contributed by atoms with Gasteiger partial charge in [0, 0.05) is 29.6 Å². The summed E-state index contributed by atoms with van der Waals surface area (Å²) in [4.78, 5) is 20.0. The molecule has 0 bridgehead atoms. The van der Waals surface area contributed by atoms with Gasteiger partial charge in [-0.25, -0.2) is 4.98 Å². The van der Waals surface area contributed by atoms with Crippen molar-refractivity contribution in [2.24, 2.45) is 0 Å². The van der Waals surface area contributed by atoms with Crippen molar-refractivity contribution in [3.05, 3.63) is 67.3 Å². The number of thiophene rings is 1. The molecule has 3 aromatic heterocycles. The zero-order valence-corrected chi connectivity index (χ0v) is 14.9. The summed E-state index contributed by atoms with van der Waals surface area (Å²) in [5, 5.41) is 2.14. The highest BCUT2D eigenvalue weighted by Gasteiger charge is 2.31. The average Bonchev–Trinajstić information content (AvgIpc) is 3.19. The summed E-state index contributed by atoms with van der Waals surface area (Å²) >= 11 is 5.23. The summed E-state index contributed by atoms with van der Waals surface area (Å²) in [5.74, 6) is 0. The molecule has 1 saturated heterocycles. The second-order valence-electron chi connectivity index (χ2n) is 5.96. The van der Waals surface area contributed by atoms with Crippen molar-refractivity contribution in [3.8, 4) is 0 Å². The average molecular weight is 391 g/mol. The normalized spacial score (nSPS) is 21.1. The van der Waals surface area contributed by atoms with Gasteiger partial charge in [0.25, 0.3) is 5.56 Å². The molecule has 0 radical (unpaired) electrons. The molecule has 0 saturated carbocycles. The van der Waals surface area contributed by atoms with Crippen LogP contribution in [0, 0.1) is 0 Å². The lowest BCUT2D eigenvalue weighted by Gasteiger charge is -2.20. The van der Waals surface area contributed by atoms with E-state index in [1.165, 1.54) is 22.6 Å². The molecule has 23 heavy (non-hydrogen) atoms.